The van der Waals surface area contributed by atoms with Gasteiger partial charge in [0.15, 0.2) is 0 Å². The Kier molecular flexibility index (Phi) is 4.04. The quantitative estimate of drug-likeness (QED) is 0.606. The van der Waals surface area contributed by atoms with Crippen molar-refractivity contribution < 1.29 is 0 Å². The third-order valence-corrected chi connectivity index (χ3v) is 4.06. The molecule has 0 saturated heterocycles. The van der Waals surface area contributed by atoms with E-state index < -0.39 is 0 Å². The Hall–Kier alpha value is -0.910. The lowest BCUT2D eigenvalue weighted by Crippen LogP contribution is -1.84. The monoisotopic (exact) mass is 315 g/mol. The molecule has 0 aliphatic heterocycles. The normalized spacial score (nSPS) is 10.2. The highest BCUT2D eigenvalue weighted by molar-refractivity contribution is 6.49. The first-order chi connectivity index (χ1) is 8.54. The zero-order valence-electron chi connectivity index (χ0n) is 8.85. The van der Waals surface area contributed by atoms with Gasteiger partial charge in [-0.2, -0.15) is 5.26 Å². The minimum Gasteiger partial charge on any atom is -0.192 e. The van der Waals surface area contributed by atoms with Gasteiger partial charge in [-0.1, -0.05) is 58.5 Å². The Labute approximate surface area is 124 Å². The Morgan fingerprint density at radius 1 is 0.833 bits per heavy atom. The Balaban J connectivity index is 2.64. The minimum atomic E-state index is 0.296. The highest BCUT2D eigenvalue weighted by Crippen LogP contribution is 2.38. The summed E-state index contributed by atoms with van der Waals surface area (Å²) in [6, 6.07) is 10.5. The van der Waals surface area contributed by atoms with E-state index in [1.165, 1.54) is 0 Å². The van der Waals surface area contributed by atoms with Gasteiger partial charge in [-0.15, -0.1) is 0 Å². The van der Waals surface area contributed by atoms with Gasteiger partial charge in [0.05, 0.1) is 25.7 Å². The summed E-state index contributed by atoms with van der Waals surface area (Å²) in [4.78, 5) is 0. The molecule has 1 nitrogen and oxygen atoms in total. The highest BCUT2D eigenvalue weighted by Gasteiger charge is 2.11. The van der Waals surface area contributed by atoms with Gasteiger partial charge in [0, 0.05) is 5.56 Å². The van der Waals surface area contributed by atoms with E-state index in [1.807, 2.05) is 6.07 Å². The summed E-state index contributed by atoms with van der Waals surface area (Å²) >= 11 is 23.9. The Bertz CT molecular complexity index is 659. The maximum Gasteiger partial charge on any atom is 0.101 e. The van der Waals surface area contributed by atoms with Gasteiger partial charge in [-0.25, -0.2) is 0 Å². The van der Waals surface area contributed by atoms with Crippen molar-refractivity contribution in [1.82, 2.24) is 0 Å². The van der Waals surface area contributed by atoms with E-state index in [1.54, 1.807) is 30.3 Å². The second-order valence-corrected chi connectivity index (χ2v) is 5.10. The molecule has 0 amide bonds. The molecule has 0 aliphatic rings. The number of benzene rings is 2. The highest BCUT2D eigenvalue weighted by atomic mass is 35.5. The number of hydrogen-bond donors (Lipinski definition) is 0. The van der Waals surface area contributed by atoms with Crippen LogP contribution < -0.4 is 0 Å². The Morgan fingerprint density at radius 3 is 2.17 bits per heavy atom. The van der Waals surface area contributed by atoms with Crippen molar-refractivity contribution in [2.45, 2.75) is 0 Å². The summed E-state index contributed by atoms with van der Waals surface area (Å²) in [5.41, 5.74) is 1.86. The first kappa shape index (κ1) is 13.5. The third-order valence-electron chi connectivity index (χ3n) is 2.43. The molecule has 0 unspecified atom stereocenters. The first-order valence-corrected chi connectivity index (χ1v) is 6.39. The second-order valence-electron chi connectivity index (χ2n) is 3.53. The van der Waals surface area contributed by atoms with Crippen LogP contribution in [0.1, 0.15) is 5.56 Å². The molecule has 0 heterocycles. The fourth-order valence-electron chi connectivity index (χ4n) is 1.53. The van der Waals surface area contributed by atoms with Gasteiger partial charge < -0.3 is 0 Å². The summed E-state index contributed by atoms with van der Waals surface area (Å²) in [6.45, 7) is 0. The summed E-state index contributed by atoms with van der Waals surface area (Å²) < 4.78 is 0. The number of nitriles is 1. The Morgan fingerprint density at radius 2 is 1.50 bits per heavy atom. The lowest BCUT2D eigenvalue weighted by molar-refractivity contribution is 1.48. The van der Waals surface area contributed by atoms with E-state index in [0.717, 1.165) is 5.56 Å². The van der Waals surface area contributed by atoms with Gasteiger partial charge in [0.25, 0.3) is 0 Å². The van der Waals surface area contributed by atoms with E-state index >= 15 is 0 Å². The van der Waals surface area contributed by atoms with Gasteiger partial charge in [0.1, 0.15) is 6.07 Å². The molecular weight excluding hydrogens is 312 g/mol. The second kappa shape index (κ2) is 5.38. The predicted molar refractivity (Wildman–Crippen MR) is 76.6 cm³/mol. The average Bonchev–Trinajstić information content (AvgIpc) is 2.37. The molecule has 2 aromatic carbocycles. The average molecular weight is 317 g/mol. The van der Waals surface area contributed by atoms with Crippen molar-refractivity contribution in [2.24, 2.45) is 0 Å². The SMILES string of the molecule is N#Cc1cc(-c2ccc(Cl)c(Cl)c2Cl)ccc1Cl. The van der Waals surface area contributed by atoms with Crippen LogP contribution in [0, 0.1) is 11.3 Å². The molecule has 0 fully saturated rings. The van der Waals surface area contributed by atoms with E-state index in [2.05, 4.69) is 0 Å². The van der Waals surface area contributed by atoms with Crippen LogP contribution in [-0.4, -0.2) is 0 Å². The third kappa shape index (κ3) is 2.43. The molecule has 18 heavy (non-hydrogen) atoms. The molecule has 0 saturated carbocycles. The van der Waals surface area contributed by atoms with E-state index in [0.29, 0.717) is 31.2 Å². The van der Waals surface area contributed by atoms with Crippen LogP contribution in [0.5, 0.6) is 0 Å². The minimum absolute atomic E-state index is 0.296. The molecule has 0 aliphatic carbocycles. The molecule has 2 aromatic rings. The van der Waals surface area contributed by atoms with Crippen molar-refractivity contribution in [3.05, 3.63) is 56.0 Å². The van der Waals surface area contributed by atoms with Crippen molar-refractivity contribution in [3.8, 4) is 17.2 Å². The standard InChI is InChI=1S/C13H5Cl4N/c14-10-3-1-7(5-8(10)6-18)9-2-4-11(15)13(17)12(9)16/h1-5H. The fraction of sp³-hybridized carbons (Fsp3) is 0. The fourth-order valence-corrected chi connectivity index (χ4v) is 2.33. The molecule has 2 rings (SSSR count). The zero-order valence-corrected chi connectivity index (χ0v) is 11.9. The van der Waals surface area contributed by atoms with Crippen molar-refractivity contribution in [1.29, 1.82) is 5.26 Å². The summed E-state index contributed by atoms with van der Waals surface area (Å²) in [7, 11) is 0. The summed E-state index contributed by atoms with van der Waals surface area (Å²) in [5.74, 6) is 0. The molecule has 0 atom stereocenters. The molecule has 0 radical (unpaired) electrons. The maximum absolute atomic E-state index is 8.94. The topological polar surface area (TPSA) is 23.8 Å². The van der Waals surface area contributed by atoms with Gasteiger partial charge in [-0.05, 0) is 23.8 Å². The lowest BCUT2D eigenvalue weighted by Gasteiger charge is -2.08. The molecule has 0 spiro atoms. The lowest BCUT2D eigenvalue weighted by atomic mass is 10.0. The summed E-state index contributed by atoms with van der Waals surface area (Å²) in [5, 5.41) is 10.4. The van der Waals surface area contributed by atoms with E-state index in [4.69, 9.17) is 51.7 Å². The number of hydrogen-bond acceptors (Lipinski definition) is 1. The van der Waals surface area contributed by atoms with Crippen LogP contribution in [0.4, 0.5) is 0 Å². The number of rotatable bonds is 1. The van der Waals surface area contributed by atoms with Gasteiger partial charge in [0.2, 0.25) is 0 Å². The largest absolute Gasteiger partial charge is 0.192 e. The smallest absolute Gasteiger partial charge is 0.101 e. The first-order valence-electron chi connectivity index (χ1n) is 4.88. The zero-order chi connectivity index (χ0) is 13.3. The van der Waals surface area contributed by atoms with Crippen LogP contribution >= 0.6 is 46.4 Å². The molecule has 0 bridgehead atoms. The molecule has 0 aromatic heterocycles. The van der Waals surface area contributed by atoms with Crippen molar-refractivity contribution in [2.75, 3.05) is 0 Å². The molecular formula is C13H5Cl4N. The number of halogens is 4. The van der Waals surface area contributed by atoms with Crippen LogP contribution in [0.25, 0.3) is 11.1 Å². The molecule has 0 N–H and O–H groups in total. The number of nitrogens with zero attached hydrogens (tertiary/aromatic N) is 1. The maximum atomic E-state index is 8.94. The van der Waals surface area contributed by atoms with Crippen molar-refractivity contribution in [3.63, 3.8) is 0 Å². The van der Waals surface area contributed by atoms with E-state index in [9.17, 15) is 0 Å². The molecule has 5 heteroatoms. The van der Waals surface area contributed by atoms with Crippen LogP contribution in [-0.2, 0) is 0 Å². The van der Waals surface area contributed by atoms with E-state index in [-0.39, 0.29) is 0 Å². The molecule has 90 valence electrons. The van der Waals surface area contributed by atoms with Crippen molar-refractivity contribution >= 4 is 46.4 Å². The van der Waals surface area contributed by atoms with Gasteiger partial charge >= 0.3 is 0 Å². The van der Waals surface area contributed by atoms with Crippen LogP contribution in [0.3, 0.4) is 0 Å². The summed E-state index contributed by atoms with van der Waals surface area (Å²) in [6.07, 6.45) is 0. The predicted octanol–water partition coefficient (Wildman–Crippen LogP) is 5.84. The van der Waals surface area contributed by atoms with Crippen LogP contribution in [0.2, 0.25) is 20.1 Å². The van der Waals surface area contributed by atoms with Gasteiger partial charge in [-0.3, -0.25) is 0 Å². The van der Waals surface area contributed by atoms with Crippen LogP contribution in [0.15, 0.2) is 30.3 Å².